The van der Waals surface area contributed by atoms with Crippen molar-refractivity contribution in [3.63, 3.8) is 0 Å². The third-order valence-electron chi connectivity index (χ3n) is 5.20. The van der Waals surface area contributed by atoms with Crippen LogP contribution in [0.4, 0.5) is 0 Å². The smallest absolute Gasteiger partial charge is 0.223 e. The molecule has 1 aromatic rings. The van der Waals surface area contributed by atoms with Crippen LogP contribution in [0.5, 0.6) is 0 Å². The summed E-state index contributed by atoms with van der Waals surface area (Å²) in [4.78, 5) is 16.6. The van der Waals surface area contributed by atoms with E-state index < -0.39 is 19.7 Å². The van der Waals surface area contributed by atoms with Gasteiger partial charge in [-0.3, -0.25) is 9.69 Å². The third-order valence-corrected chi connectivity index (χ3v) is 8.64. The molecule has 2 heterocycles. The Balaban J connectivity index is 1.70. The van der Waals surface area contributed by atoms with Crippen LogP contribution in [0.3, 0.4) is 0 Å². The van der Waals surface area contributed by atoms with Crippen LogP contribution >= 0.6 is 0 Å². The van der Waals surface area contributed by atoms with Crippen molar-refractivity contribution in [1.82, 2.24) is 9.80 Å². The van der Waals surface area contributed by atoms with Gasteiger partial charge in [0.05, 0.1) is 28.2 Å². The summed E-state index contributed by atoms with van der Waals surface area (Å²) >= 11 is 0. The number of carbonyl (C=O) groups is 1. The Morgan fingerprint density at radius 1 is 1.12 bits per heavy atom. The molecule has 144 valence electrons. The maximum atomic E-state index is 12.7. The summed E-state index contributed by atoms with van der Waals surface area (Å²) < 4.78 is 48.9. The van der Waals surface area contributed by atoms with E-state index in [1.165, 1.54) is 12.1 Å². The Morgan fingerprint density at radius 2 is 1.77 bits per heavy atom. The molecule has 2 aliphatic rings. The average Bonchev–Trinajstić information content (AvgIpc) is 2.94. The monoisotopic (exact) mass is 400 g/mol. The summed E-state index contributed by atoms with van der Waals surface area (Å²) in [5.41, 5.74) is 0. The fourth-order valence-electron chi connectivity index (χ4n) is 3.84. The summed E-state index contributed by atoms with van der Waals surface area (Å²) in [7, 11) is -6.71. The zero-order valence-electron chi connectivity index (χ0n) is 14.7. The van der Waals surface area contributed by atoms with E-state index in [2.05, 4.69) is 4.90 Å². The van der Waals surface area contributed by atoms with Crippen molar-refractivity contribution in [3.8, 4) is 0 Å². The van der Waals surface area contributed by atoms with Crippen molar-refractivity contribution < 1.29 is 21.6 Å². The van der Waals surface area contributed by atoms with Crippen molar-refractivity contribution >= 4 is 25.6 Å². The van der Waals surface area contributed by atoms with Gasteiger partial charge in [0, 0.05) is 25.6 Å². The molecule has 2 aliphatic heterocycles. The van der Waals surface area contributed by atoms with Crippen LogP contribution in [0.1, 0.15) is 13.3 Å². The van der Waals surface area contributed by atoms with E-state index in [0.29, 0.717) is 13.1 Å². The van der Waals surface area contributed by atoms with Gasteiger partial charge in [-0.15, -0.1) is 0 Å². The van der Waals surface area contributed by atoms with Crippen molar-refractivity contribution in [3.05, 3.63) is 30.3 Å². The van der Waals surface area contributed by atoms with Crippen molar-refractivity contribution in [1.29, 1.82) is 0 Å². The highest BCUT2D eigenvalue weighted by Gasteiger charge is 2.47. The number of carbonyl (C=O) groups excluding carboxylic acids is 1. The molecule has 0 spiro atoms. The van der Waals surface area contributed by atoms with Gasteiger partial charge >= 0.3 is 0 Å². The molecule has 1 amide bonds. The first kappa shape index (κ1) is 19.3. The topological polar surface area (TPSA) is 91.8 Å². The first-order valence-corrected chi connectivity index (χ1v) is 12.2. The van der Waals surface area contributed by atoms with E-state index in [1.807, 2.05) is 6.92 Å². The standard InChI is InChI=1S/C17H24N2O5S2/c1-2-18-9-10-19(16-13-25(21,22)12-15(16)18)17(20)8-11-26(23,24)14-6-4-3-5-7-14/h3-7,15-16H,2,8-13H2,1H3/t15-,16+/m0/s1. The molecule has 0 bridgehead atoms. The molecule has 26 heavy (non-hydrogen) atoms. The second kappa shape index (κ2) is 7.28. The number of hydrogen-bond donors (Lipinski definition) is 0. The van der Waals surface area contributed by atoms with Crippen LogP contribution in [0.15, 0.2) is 35.2 Å². The molecule has 7 nitrogen and oxygen atoms in total. The van der Waals surface area contributed by atoms with Crippen LogP contribution in [0, 0.1) is 0 Å². The lowest BCUT2D eigenvalue weighted by Crippen LogP contribution is -2.60. The summed E-state index contributed by atoms with van der Waals surface area (Å²) in [5, 5.41) is 0. The Labute approximate surface area is 154 Å². The lowest BCUT2D eigenvalue weighted by molar-refractivity contribution is -0.136. The van der Waals surface area contributed by atoms with E-state index in [1.54, 1.807) is 23.1 Å². The zero-order valence-corrected chi connectivity index (χ0v) is 16.4. The second-order valence-corrected chi connectivity index (χ2v) is 11.1. The molecule has 9 heteroatoms. The fraction of sp³-hybridized carbons (Fsp3) is 0.588. The van der Waals surface area contributed by atoms with E-state index in [4.69, 9.17) is 0 Å². The van der Waals surface area contributed by atoms with Gasteiger partial charge in [0.25, 0.3) is 0 Å². The number of piperazine rings is 1. The maximum absolute atomic E-state index is 12.7. The molecule has 3 rings (SSSR count). The average molecular weight is 401 g/mol. The molecule has 2 fully saturated rings. The normalized spacial score (nSPS) is 25.8. The van der Waals surface area contributed by atoms with Gasteiger partial charge < -0.3 is 4.90 Å². The number of sulfone groups is 2. The SMILES string of the molecule is CCN1CCN(C(=O)CCS(=O)(=O)c2ccccc2)[C@@H]2CS(=O)(=O)C[C@@H]21. The van der Waals surface area contributed by atoms with Crippen molar-refractivity contribution in [2.75, 3.05) is 36.9 Å². The molecule has 0 aliphatic carbocycles. The number of nitrogens with zero attached hydrogens (tertiary/aromatic N) is 2. The minimum absolute atomic E-state index is 0.0364. The molecule has 0 unspecified atom stereocenters. The highest BCUT2D eigenvalue weighted by molar-refractivity contribution is 7.91. The molecule has 1 aromatic carbocycles. The van der Waals surface area contributed by atoms with E-state index in [0.717, 1.165) is 6.54 Å². The third kappa shape index (κ3) is 3.94. The Morgan fingerprint density at radius 3 is 2.42 bits per heavy atom. The summed E-state index contributed by atoms with van der Waals surface area (Å²) in [6, 6.07) is 7.49. The molecule has 0 saturated carbocycles. The van der Waals surface area contributed by atoms with Crippen LogP contribution in [0.2, 0.25) is 0 Å². The van der Waals surface area contributed by atoms with Crippen LogP contribution in [-0.2, 0) is 24.5 Å². The minimum atomic E-state index is -3.53. The first-order valence-electron chi connectivity index (χ1n) is 8.75. The van der Waals surface area contributed by atoms with E-state index in [9.17, 15) is 21.6 Å². The van der Waals surface area contributed by atoms with Gasteiger partial charge in [-0.2, -0.15) is 0 Å². The molecular weight excluding hydrogens is 376 g/mol. The number of benzene rings is 1. The largest absolute Gasteiger partial charge is 0.336 e. The van der Waals surface area contributed by atoms with Crippen molar-refractivity contribution in [2.45, 2.75) is 30.3 Å². The summed E-state index contributed by atoms with van der Waals surface area (Å²) in [6.07, 6.45) is -0.132. The number of rotatable bonds is 5. The number of fused-ring (bicyclic) bond motifs is 1. The summed E-state index contributed by atoms with van der Waals surface area (Å²) in [6.45, 7) is 3.77. The van der Waals surface area contributed by atoms with Gasteiger partial charge in [0.1, 0.15) is 0 Å². The fourth-order valence-corrected chi connectivity index (χ4v) is 7.10. The molecule has 0 radical (unpaired) electrons. The van der Waals surface area contributed by atoms with E-state index >= 15 is 0 Å². The molecule has 0 N–H and O–H groups in total. The zero-order chi connectivity index (χ0) is 18.9. The van der Waals surface area contributed by atoms with Crippen LogP contribution in [-0.4, -0.2) is 81.5 Å². The maximum Gasteiger partial charge on any atom is 0.223 e. The molecule has 0 aromatic heterocycles. The van der Waals surface area contributed by atoms with Gasteiger partial charge in [-0.05, 0) is 18.7 Å². The number of likely N-dealkylation sites (N-methyl/N-ethyl adjacent to an activating group) is 1. The molecule has 2 saturated heterocycles. The van der Waals surface area contributed by atoms with Gasteiger partial charge in [0.2, 0.25) is 5.91 Å². The van der Waals surface area contributed by atoms with Crippen LogP contribution < -0.4 is 0 Å². The highest BCUT2D eigenvalue weighted by Crippen LogP contribution is 2.27. The Kier molecular flexibility index (Phi) is 5.41. The number of amides is 1. The van der Waals surface area contributed by atoms with Gasteiger partial charge in [0.15, 0.2) is 19.7 Å². The Bertz CT molecular complexity index is 868. The van der Waals surface area contributed by atoms with Crippen LogP contribution in [0.25, 0.3) is 0 Å². The van der Waals surface area contributed by atoms with Gasteiger partial charge in [-0.25, -0.2) is 16.8 Å². The number of hydrogen-bond acceptors (Lipinski definition) is 6. The second-order valence-electron chi connectivity index (χ2n) is 6.81. The van der Waals surface area contributed by atoms with E-state index in [-0.39, 0.29) is 46.6 Å². The summed E-state index contributed by atoms with van der Waals surface area (Å²) in [5.74, 6) is -0.524. The molecule has 2 atom stereocenters. The predicted molar refractivity (Wildman–Crippen MR) is 98.3 cm³/mol. The first-order chi connectivity index (χ1) is 12.2. The Hall–Kier alpha value is -1.45. The minimum Gasteiger partial charge on any atom is -0.336 e. The predicted octanol–water partition coefficient (Wildman–Crippen LogP) is 0.180. The highest BCUT2D eigenvalue weighted by atomic mass is 32.2. The lowest BCUT2D eigenvalue weighted by atomic mass is 10.0. The van der Waals surface area contributed by atoms with Gasteiger partial charge in [-0.1, -0.05) is 25.1 Å². The molecular formula is C17H24N2O5S2. The quantitative estimate of drug-likeness (QED) is 0.700. The lowest BCUT2D eigenvalue weighted by Gasteiger charge is -2.43. The van der Waals surface area contributed by atoms with Crippen molar-refractivity contribution in [2.24, 2.45) is 0 Å².